The zero-order valence-electron chi connectivity index (χ0n) is 11.8. The van der Waals surface area contributed by atoms with Gasteiger partial charge in [0.2, 0.25) is 5.75 Å². The van der Waals surface area contributed by atoms with Gasteiger partial charge in [-0.05, 0) is 34.8 Å². The first-order valence-electron chi connectivity index (χ1n) is 6.01. The number of methoxy groups -OCH3 is 1. The zero-order chi connectivity index (χ0) is 16.9. The van der Waals surface area contributed by atoms with E-state index >= 15 is 0 Å². The zero-order valence-corrected chi connectivity index (χ0v) is 14.2. The maximum absolute atomic E-state index is 11.4. The van der Waals surface area contributed by atoms with Crippen molar-refractivity contribution in [2.75, 3.05) is 13.4 Å². The minimum atomic E-state index is -3.50. The van der Waals surface area contributed by atoms with E-state index in [2.05, 4.69) is 20.7 Å². The molecular formula is C12H14BrNO7S. The number of benzene rings is 1. The Kier molecular flexibility index (Phi) is 6.30. The van der Waals surface area contributed by atoms with Gasteiger partial charge in [-0.3, -0.25) is 14.9 Å². The minimum Gasteiger partial charge on any atom is -0.483 e. The van der Waals surface area contributed by atoms with Crippen molar-refractivity contribution >= 4 is 37.9 Å². The van der Waals surface area contributed by atoms with Gasteiger partial charge in [0.15, 0.2) is 9.84 Å². The fourth-order valence-electron chi connectivity index (χ4n) is 1.37. The molecular weight excluding hydrogens is 382 g/mol. The number of ether oxygens (including phenoxy) is 2. The average molecular weight is 396 g/mol. The van der Waals surface area contributed by atoms with Crippen molar-refractivity contribution in [2.45, 2.75) is 23.8 Å². The maximum Gasteiger partial charge on any atom is 0.313 e. The van der Waals surface area contributed by atoms with Gasteiger partial charge in [-0.1, -0.05) is 0 Å². The molecule has 1 aliphatic carbocycles. The van der Waals surface area contributed by atoms with Crippen molar-refractivity contribution in [3.63, 3.8) is 0 Å². The Balaban J connectivity index is 0.000000541. The van der Waals surface area contributed by atoms with Gasteiger partial charge in [0.25, 0.3) is 6.47 Å². The molecule has 1 saturated carbocycles. The summed E-state index contributed by atoms with van der Waals surface area (Å²) in [7, 11) is -2.19. The molecule has 22 heavy (non-hydrogen) atoms. The predicted octanol–water partition coefficient (Wildman–Crippen LogP) is 2.09. The summed E-state index contributed by atoms with van der Waals surface area (Å²) < 4.78 is 32.4. The van der Waals surface area contributed by atoms with Gasteiger partial charge < -0.3 is 9.47 Å². The van der Waals surface area contributed by atoms with Crippen LogP contribution < -0.4 is 4.74 Å². The molecule has 1 aromatic carbocycles. The van der Waals surface area contributed by atoms with Crippen LogP contribution >= 0.6 is 15.9 Å². The molecule has 1 aromatic rings. The van der Waals surface area contributed by atoms with Gasteiger partial charge in [0.1, 0.15) is 0 Å². The topological polar surface area (TPSA) is 113 Å². The number of carbonyl (C=O) groups excluding carboxylic acids is 1. The number of carbonyl (C=O) groups is 1. The second kappa shape index (κ2) is 7.54. The smallest absolute Gasteiger partial charge is 0.313 e. The summed E-state index contributed by atoms with van der Waals surface area (Å²) in [5.41, 5.74) is -0.336. The van der Waals surface area contributed by atoms with Gasteiger partial charge in [0.05, 0.1) is 27.5 Å². The first-order valence-corrected chi connectivity index (χ1v) is 8.70. The van der Waals surface area contributed by atoms with Gasteiger partial charge >= 0.3 is 5.69 Å². The third-order valence-corrected chi connectivity index (χ3v) is 4.21. The van der Waals surface area contributed by atoms with Gasteiger partial charge in [-0.2, -0.15) is 0 Å². The number of halogens is 1. The van der Waals surface area contributed by atoms with E-state index in [0.717, 1.165) is 25.2 Å². The van der Waals surface area contributed by atoms with Crippen molar-refractivity contribution < 1.29 is 27.6 Å². The molecule has 0 saturated heterocycles. The number of rotatable bonds is 5. The lowest BCUT2D eigenvalue weighted by atomic mass is 10.3. The molecule has 0 aliphatic heterocycles. The van der Waals surface area contributed by atoms with E-state index in [4.69, 9.17) is 9.53 Å². The van der Waals surface area contributed by atoms with Gasteiger partial charge in [-0.15, -0.1) is 0 Å². The Morgan fingerprint density at radius 1 is 1.41 bits per heavy atom. The lowest BCUT2D eigenvalue weighted by molar-refractivity contribution is -0.386. The highest BCUT2D eigenvalue weighted by Crippen LogP contribution is 2.40. The fraction of sp³-hybridized carbons (Fsp3) is 0.417. The molecule has 0 amide bonds. The van der Waals surface area contributed by atoms with Crippen LogP contribution in [0.1, 0.15) is 12.8 Å². The predicted molar refractivity (Wildman–Crippen MR) is 80.6 cm³/mol. The van der Waals surface area contributed by atoms with Crippen molar-refractivity contribution in [1.82, 2.24) is 0 Å². The highest BCUT2D eigenvalue weighted by molar-refractivity contribution is 9.10. The molecule has 10 heteroatoms. The van der Waals surface area contributed by atoms with Crippen molar-refractivity contribution in [3.8, 4) is 5.75 Å². The largest absolute Gasteiger partial charge is 0.483 e. The van der Waals surface area contributed by atoms with E-state index in [1.807, 2.05) is 0 Å². The highest BCUT2D eigenvalue weighted by atomic mass is 79.9. The Morgan fingerprint density at radius 3 is 2.32 bits per heavy atom. The van der Waals surface area contributed by atoms with Crippen LogP contribution in [0.2, 0.25) is 0 Å². The number of hydrogen-bond donors (Lipinski definition) is 0. The fourth-order valence-corrected chi connectivity index (χ4v) is 2.73. The minimum absolute atomic E-state index is 0.0101. The standard InChI is InChI=1S/C10H10BrNO5S.C2H4O2/c1-18(15,16)7-4-8(11)10(17-6-2-3-6)9(5-7)12(13)14;1-4-2-3/h4-6H,2-3H2,1H3;2H,1H3. The van der Waals surface area contributed by atoms with E-state index < -0.39 is 14.8 Å². The molecule has 1 aliphatic rings. The molecule has 0 bridgehead atoms. The molecule has 122 valence electrons. The summed E-state index contributed by atoms with van der Waals surface area (Å²) in [4.78, 5) is 19.2. The Bertz CT molecular complexity index is 670. The average Bonchev–Trinajstić information content (AvgIpc) is 3.23. The van der Waals surface area contributed by atoms with Crippen LogP contribution in [0.5, 0.6) is 5.75 Å². The number of nitrogens with zero attached hydrogens (tertiary/aromatic N) is 1. The first kappa shape index (κ1) is 18.4. The lowest BCUT2D eigenvalue weighted by Gasteiger charge is -2.09. The quantitative estimate of drug-likeness (QED) is 0.425. The molecule has 2 rings (SSSR count). The SMILES string of the molecule is COC=O.CS(=O)(=O)c1cc(Br)c(OC2CC2)c([N+](=O)[O-])c1. The molecule has 0 radical (unpaired) electrons. The number of nitro groups is 1. The van der Waals surface area contributed by atoms with E-state index in [9.17, 15) is 18.5 Å². The summed E-state index contributed by atoms with van der Waals surface area (Å²) in [6.07, 6.45) is 2.71. The van der Waals surface area contributed by atoms with Crippen molar-refractivity contribution in [3.05, 3.63) is 26.7 Å². The molecule has 0 atom stereocenters. The van der Waals surface area contributed by atoms with Crippen molar-refractivity contribution in [2.24, 2.45) is 0 Å². The Hall–Kier alpha value is -1.68. The Morgan fingerprint density at radius 2 is 1.95 bits per heavy atom. The molecule has 1 fully saturated rings. The van der Waals surface area contributed by atoms with Crippen LogP contribution in [0.4, 0.5) is 5.69 Å². The van der Waals surface area contributed by atoms with Crippen LogP contribution in [0.3, 0.4) is 0 Å². The van der Waals surface area contributed by atoms with Crippen molar-refractivity contribution in [1.29, 1.82) is 0 Å². The van der Waals surface area contributed by atoms with Gasteiger partial charge in [0, 0.05) is 12.3 Å². The molecule has 8 nitrogen and oxygen atoms in total. The maximum atomic E-state index is 11.4. The third-order valence-electron chi connectivity index (χ3n) is 2.53. The van der Waals surface area contributed by atoms with E-state index in [0.29, 0.717) is 6.47 Å². The summed E-state index contributed by atoms with van der Waals surface area (Å²) in [5, 5.41) is 11.0. The summed E-state index contributed by atoms with van der Waals surface area (Å²) in [6.45, 7) is 0.375. The highest BCUT2D eigenvalue weighted by Gasteiger charge is 2.30. The molecule has 0 N–H and O–H groups in total. The monoisotopic (exact) mass is 395 g/mol. The van der Waals surface area contributed by atoms with E-state index in [1.54, 1.807) is 0 Å². The number of sulfone groups is 1. The normalized spacial score (nSPS) is 13.6. The number of nitro benzene ring substituents is 1. The van der Waals surface area contributed by atoms with Crippen LogP contribution in [-0.4, -0.2) is 39.3 Å². The Labute approximate surface area is 135 Å². The lowest BCUT2D eigenvalue weighted by Crippen LogP contribution is -2.04. The summed E-state index contributed by atoms with van der Waals surface area (Å²) >= 11 is 3.12. The summed E-state index contributed by atoms with van der Waals surface area (Å²) in [6, 6.07) is 2.35. The molecule has 0 heterocycles. The number of hydrogen-bond acceptors (Lipinski definition) is 7. The van der Waals surface area contributed by atoms with Crippen LogP contribution in [0, 0.1) is 10.1 Å². The first-order chi connectivity index (χ1) is 10.2. The van der Waals surface area contributed by atoms with Crippen LogP contribution in [0.25, 0.3) is 0 Å². The van der Waals surface area contributed by atoms with Crippen LogP contribution in [0.15, 0.2) is 21.5 Å². The van der Waals surface area contributed by atoms with E-state index in [1.165, 1.54) is 13.2 Å². The molecule has 0 unspecified atom stereocenters. The van der Waals surface area contributed by atoms with E-state index in [-0.39, 0.29) is 26.9 Å². The summed E-state index contributed by atoms with van der Waals surface area (Å²) in [5.74, 6) is 0.0925. The second-order valence-electron chi connectivity index (χ2n) is 4.43. The van der Waals surface area contributed by atoms with Gasteiger partial charge in [-0.25, -0.2) is 8.42 Å². The molecule has 0 spiro atoms. The molecule has 0 aromatic heterocycles. The van der Waals surface area contributed by atoms with Crippen LogP contribution in [-0.2, 0) is 19.4 Å². The second-order valence-corrected chi connectivity index (χ2v) is 7.30. The third kappa shape index (κ3) is 5.26.